The molecule has 2 atom stereocenters. The zero-order valence-electron chi connectivity index (χ0n) is 12.4. The van der Waals surface area contributed by atoms with E-state index in [0.717, 1.165) is 23.3 Å². The van der Waals surface area contributed by atoms with Gasteiger partial charge in [0.15, 0.2) is 0 Å². The zero-order valence-corrected chi connectivity index (χ0v) is 12.4. The van der Waals surface area contributed by atoms with Gasteiger partial charge in [-0.2, -0.15) is 0 Å². The molecule has 0 amide bonds. The largest absolute Gasteiger partial charge is 0.497 e. The van der Waals surface area contributed by atoms with Crippen molar-refractivity contribution in [2.75, 3.05) is 7.11 Å². The van der Waals surface area contributed by atoms with E-state index in [1.54, 1.807) is 7.11 Å². The van der Waals surface area contributed by atoms with Crippen molar-refractivity contribution in [3.8, 4) is 5.75 Å². The van der Waals surface area contributed by atoms with E-state index in [4.69, 9.17) is 4.74 Å². The molecule has 102 valence electrons. The van der Waals surface area contributed by atoms with Crippen LogP contribution in [0.15, 0.2) is 18.2 Å². The molecule has 1 rings (SSSR count). The van der Waals surface area contributed by atoms with E-state index >= 15 is 0 Å². The van der Waals surface area contributed by atoms with Crippen molar-refractivity contribution >= 4 is 0 Å². The Morgan fingerprint density at radius 3 is 2.33 bits per heavy atom. The summed E-state index contributed by atoms with van der Waals surface area (Å²) in [5, 5.41) is 10.4. The molecule has 0 bridgehead atoms. The molecule has 0 aliphatic carbocycles. The van der Waals surface area contributed by atoms with Gasteiger partial charge in [0.25, 0.3) is 0 Å². The van der Waals surface area contributed by atoms with Gasteiger partial charge in [0.1, 0.15) is 5.75 Å². The fourth-order valence-electron chi connectivity index (χ4n) is 1.96. The first-order chi connectivity index (χ1) is 8.25. The maximum atomic E-state index is 10.4. The van der Waals surface area contributed by atoms with E-state index in [9.17, 15) is 5.11 Å². The Morgan fingerprint density at radius 2 is 1.89 bits per heavy atom. The lowest BCUT2D eigenvalue weighted by atomic mass is 9.78. The Labute approximate surface area is 111 Å². The molecule has 2 nitrogen and oxygen atoms in total. The number of ether oxygens (including phenoxy) is 1. The summed E-state index contributed by atoms with van der Waals surface area (Å²) in [4.78, 5) is 0. The van der Waals surface area contributed by atoms with Crippen molar-refractivity contribution in [2.45, 2.75) is 47.1 Å². The summed E-state index contributed by atoms with van der Waals surface area (Å²) in [5.41, 5.74) is 2.32. The lowest BCUT2D eigenvalue weighted by molar-refractivity contribution is 0.110. The van der Waals surface area contributed by atoms with Gasteiger partial charge in [-0.15, -0.1) is 0 Å². The number of aliphatic hydroxyl groups excluding tert-OH is 1. The number of aryl methyl sites for hydroxylation is 1. The minimum absolute atomic E-state index is 0.224. The molecular formula is C16H26O2. The third-order valence-corrected chi connectivity index (χ3v) is 3.89. The summed E-state index contributed by atoms with van der Waals surface area (Å²) in [6.45, 7) is 10.9. The minimum atomic E-state index is -0.398. The topological polar surface area (TPSA) is 29.5 Å². The minimum Gasteiger partial charge on any atom is -0.497 e. The number of hydrogen-bond acceptors (Lipinski definition) is 2. The number of methoxy groups -OCH3 is 1. The molecule has 0 saturated carbocycles. The Balaban J connectivity index is 2.81. The van der Waals surface area contributed by atoms with Crippen LogP contribution in [0.3, 0.4) is 0 Å². The molecule has 0 spiro atoms. The van der Waals surface area contributed by atoms with Gasteiger partial charge in [0, 0.05) is 0 Å². The summed E-state index contributed by atoms with van der Waals surface area (Å²) in [6.07, 6.45) is 0.390. The van der Waals surface area contributed by atoms with Gasteiger partial charge < -0.3 is 9.84 Å². The van der Waals surface area contributed by atoms with Gasteiger partial charge in [-0.05, 0) is 47.9 Å². The monoisotopic (exact) mass is 250 g/mol. The van der Waals surface area contributed by atoms with Crippen LogP contribution in [0.25, 0.3) is 0 Å². The second-order valence-electron chi connectivity index (χ2n) is 6.24. The average molecular weight is 250 g/mol. The van der Waals surface area contributed by atoms with Crippen LogP contribution >= 0.6 is 0 Å². The molecule has 0 aromatic heterocycles. The molecule has 1 aromatic carbocycles. The highest BCUT2D eigenvalue weighted by Gasteiger charge is 2.24. The first-order valence-corrected chi connectivity index (χ1v) is 6.58. The first-order valence-electron chi connectivity index (χ1n) is 6.58. The van der Waals surface area contributed by atoms with Crippen LogP contribution in [-0.2, 0) is 0 Å². The van der Waals surface area contributed by atoms with Gasteiger partial charge in [0.2, 0.25) is 0 Å². The number of benzene rings is 1. The molecule has 0 radical (unpaired) electrons. The average Bonchev–Trinajstić information content (AvgIpc) is 2.27. The molecule has 2 unspecified atom stereocenters. The van der Waals surface area contributed by atoms with E-state index < -0.39 is 6.10 Å². The van der Waals surface area contributed by atoms with Gasteiger partial charge >= 0.3 is 0 Å². The van der Waals surface area contributed by atoms with Crippen LogP contribution < -0.4 is 4.74 Å². The lowest BCUT2D eigenvalue weighted by Gasteiger charge is -2.29. The standard InChI is InChI=1S/C16H26O2/c1-11-9-13(18-6)7-8-14(11)15(17)10-12(2)16(3,4)5/h7-9,12,15,17H,10H2,1-6H3. The molecule has 0 heterocycles. The van der Waals surface area contributed by atoms with Gasteiger partial charge in [0.05, 0.1) is 13.2 Å². The SMILES string of the molecule is COc1ccc(C(O)CC(C)C(C)(C)C)c(C)c1. The summed E-state index contributed by atoms with van der Waals surface area (Å²) in [5.74, 6) is 1.31. The Bertz CT molecular complexity index is 391. The molecule has 2 heteroatoms. The van der Waals surface area contributed by atoms with Crippen molar-refractivity contribution in [1.82, 2.24) is 0 Å². The number of hydrogen-bond donors (Lipinski definition) is 1. The van der Waals surface area contributed by atoms with E-state index in [-0.39, 0.29) is 5.41 Å². The maximum Gasteiger partial charge on any atom is 0.119 e. The van der Waals surface area contributed by atoms with Crippen molar-refractivity contribution in [3.63, 3.8) is 0 Å². The van der Waals surface area contributed by atoms with Gasteiger partial charge in [-0.1, -0.05) is 33.8 Å². The van der Waals surface area contributed by atoms with Crippen LogP contribution in [0.2, 0.25) is 0 Å². The third kappa shape index (κ3) is 3.74. The summed E-state index contributed by atoms with van der Waals surface area (Å²) in [6, 6.07) is 5.85. The molecule has 0 aliphatic heterocycles. The molecule has 0 fully saturated rings. The van der Waals surface area contributed by atoms with Crippen LogP contribution in [0.1, 0.15) is 51.3 Å². The van der Waals surface area contributed by atoms with E-state index in [1.165, 1.54) is 0 Å². The zero-order chi connectivity index (χ0) is 13.9. The normalized spacial score (nSPS) is 15.3. The summed E-state index contributed by atoms with van der Waals surface area (Å²) in [7, 11) is 1.66. The van der Waals surface area contributed by atoms with Crippen LogP contribution in [0, 0.1) is 18.3 Å². The van der Waals surface area contributed by atoms with Crippen molar-refractivity contribution in [2.24, 2.45) is 11.3 Å². The Kier molecular flexibility index (Phi) is 4.80. The van der Waals surface area contributed by atoms with E-state index in [1.807, 2.05) is 25.1 Å². The predicted molar refractivity (Wildman–Crippen MR) is 75.9 cm³/mol. The smallest absolute Gasteiger partial charge is 0.119 e. The van der Waals surface area contributed by atoms with E-state index in [2.05, 4.69) is 27.7 Å². The number of aliphatic hydroxyl groups is 1. The molecule has 0 saturated heterocycles. The van der Waals surface area contributed by atoms with Gasteiger partial charge in [-0.3, -0.25) is 0 Å². The van der Waals surface area contributed by atoms with Crippen molar-refractivity contribution in [1.29, 1.82) is 0 Å². The lowest BCUT2D eigenvalue weighted by Crippen LogP contribution is -2.20. The fraction of sp³-hybridized carbons (Fsp3) is 0.625. The second kappa shape index (κ2) is 5.75. The quantitative estimate of drug-likeness (QED) is 0.871. The van der Waals surface area contributed by atoms with Crippen LogP contribution in [0.5, 0.6) is 5.75 Å². The first kappa shape index (κ1) is 15.0. The third-order valence-electron chi connectivity index (χ3n) is 3.89. The molecule has 18 heavy (non-hydrogen) atoms. The highest BCUT2D eigenvalue weighted by molar-refractivity contribution is 5.36. The number of rotatable bonds is 4. The van der Waals surface area contributed by atoms with Gasteiger partial charge in [-0.25, -0.2) is 0 Å². The highest BCUT2D eigenvalue weighted by atomic mass is 16.5. The second-order valence-corrected chi connectivity index (χ2v) is 6.24. The molecule has 1 N–H and O–H groups in total. The highest BCUT2D eigenvalue weighted by Crippen LogP contribution is 2.34. The van der Waals surface area contributed by atoms with Crippen molar-refractivity contribution in [3.05, 3.63) is 29.3 Å². The maximum absolute atomic E-state index is 10.4. The Morgan fingerprint density at radius 1 is 1.28 bits per heavy atom. The van der Waals surface area contributed by atoms with Crippen LogP contribution in [0.4, 0.5) is 0 Å². The van der Waals surface area contributed by atoms with Crippen LogP contribution in [-0.4, -0.2) is 12.2 Å². The predicted octanol–water partition coefficient (Wildman–Crippen LogP) is 4.11. The molecule has 0 aliphatic rings. The molecule has 1 aromatic rings. The fourth-order valence-corrected chi connectivity index (χ4v) is 1.96. The van der Waals surface area contributed by atoms with Crippen molar-refractivity contribution < 1.29 is 9.84 Å². The molecular weight excluding hydrogens is 224 g/mol. The van der Waals surface area contributed by atoms with E-state index in [0.29, 0.717) is 5.92 Å². The Hall–Kier alpha value is -1.02. The summed E-state index contributed by atoms with van der Waals surface area (Å²) >= 11 is 0. The summed E-state index contributed by atoms with van der Waals surface area (Å²) < 4.78 is 5.18.